The molecule has 17 heavy (non-hydrogen) atoms. The van der Waals surface area contributed by atoms with Crippen LogP contribution >= 0.6 is 0 Å². The molecule has 3 rings (SSSR count). The van der Waals surface area contributed by atoms with Crippen LogP contribution in [0.1, 0.15) is 43.8 Å². The lowest BCUT2D eigenvalue weighted by atomic mass is 9.94. The summed E-state index contributed by atoms with van der Waals surface area (Å²) in [5.41, 5.74) is 0.889. The largest absolute Gasteiger partial charge is 0.431 e. The molecule has 1 aromatic rings. The van der Waals surface area contributed by atoms with Crippen molar-refractivity contribution >= 4 is 5.97 Å². The molecule has 0 amide bonds. The minimum Gasteiger partial charge on any atom is -0.431 e. The molecule has 1 aliphatic carbocycles. The van der Waals surface area contributed by atoms with Gasteiger partial charge in [0, 0.05) is 12.8 Å². The maximum atomic E-state index is 11.9. The number of ether oxygens (including phenoxy) is 2. The van der Waals surface area contributed by atoms with Gasteiger partial charge in [0.05, 0.1) is 0 Å². The van der Waals surface area contributed by atoms with Crippen LogP contribution in [-0.4, -0.2) is 11.8 Å². The Morgan fingerprint density at radius 1 is 1.06 bits per heavy atom. The summed E-state index contributed by atoms with van der Waals surface area (Å²) in [4.78, 5) is 11.9. The molecular weight excluding hydrogens is 216 g/mol. The average Bonchev–Trinajstić information content (AvgIpc) is 2.68. The molecule has 1 atom stereocenters. The normalized spacial score (nSPS) is 27.1. The summed E-state index contributed by atoms with van der Waals surface area (Å²) in [6, 6.07) is 9.58. The van der Waals surface area contributed by atoms with Gasteiger partial charge in [-0.2, -0.15) is 0 Å². The van der Waals surface area contributed by atoms with Crippen molar-refractivity contribution in [2.75, 3.05) is 0 Å². The lowest BCUT2D eigenvalue weighted by Crippen LogP contribution is -2.32. The van der Waals surface area contributed by atoms with E-state index in [1.54, 1.807) is 0 Å². The van der Waals surface area contributed by atoms with Crippen molar-refractivity contribution in [3.8, 4) is 0 Å². The molecule has 1 saturated carbocycles. The number of benzene rings is 1. The summed E-state index contributed by atoms with van der Waals surface area (Å²) in [6.07, 6.45) is 4.50. The van der Waals surface area contributed by atoms with Crippen LogP contribution in [0.25, 0.3) is 0 Å². The molecule has 1 aromatic carbocycles. The smallest absolute Gasteiger partial charge is 0.342 e. The molecule has 1 aliphatic heterocycles. The molecule has 0 unspecified atom stereocenters. The molecular formula is C14H16O3. The van der Waals surface area contributed by atoms with Crippen LogP contribution in [0, 0.1) is 0 Å². The van der Waals surface area contributed by atoms with Crippen LogP contribution in [0.3, 0.4) is 0 Å². The standard InChI is InChI=1S/C14H16O3/c15-13-12(11-7-3-1-4-8-11)16-14(17-13)9-5-2-6-10-14/h1,3-4,7-8,12H,2,5-6,9-10H2/t12-/m1/s1. The SMILES string of the molecule is O=C1OC2(CCCCC2)O[C@@H]1c1ccccc1. The zero-order chi connectivity index (χ0) is 11.7. The van der Waals surface area contributed by atoms with E-state index >= 15 is 0 Å². The monoisotopic (exact) mass is 232 g/mol. The number of esters is 1. The summed E-state index contributed by atoms with van der Waals surface area (Å²) in [6.45, 7) is 0. The van der Waals surface area contributed by atoms with Crippen molar-refractivity contribution in [3.63, 3.8) is 0 Å². The van der Waals surface area contributed by atoms with E-state index in [4.69, 9.17) is 9.47 Å². The summed E-state index contributed by atoms with van der Waals surface area (Å²) in [5.74, 6) is -0.867. The van der Waals surface area contributed by atoms with Crippen LogP contribution < -0.4 is 0 Å². The topological polar surface area (TPSA) is 35.5 Å². The third kappa shape index (κ3) is 1.95. The second-order valence-corrected chi connectivity index (χ2v) is 4.80. The lowest BCUT2D eigenvalue weighted by molar-refractivity contribution is -0.192. The Balaban J connectivity index is 1.82. The van der Waals surface area contributed by atoms with Crippen molar-refractivity contribution in [3.05, 3.63) is 35.9 Å². The van der Waals surface area contributed by atoms with E-state index in [0.29, 0.717) is 0 Å². The number of hydrogen-bond acceptors (Lipinski definition) is 3. The first-order valence-electron chi connectivity index (χ1n) is 6.25. The number of rotatable bonds is 1. The molecule has 1 spiro atoms. The molecule has 0 aromatic heterocycles. The fraction of sp³-hybridized carbons (Fsp3) is 0.500. The van der Waals surface area contributed by atoms with Crippen molar-refractivity contribution < 1.29 is 14.3 Å². The van der Waals surface area contributed by atoms with Gasteiger partial charge >= 0.3 is 5.97 Å². The van der Waals surface area contributed by atoms with Crippen LogP contribution in [0.5, 0.6) is 0 Å². The lowest BCUT2D eigenvalue weighted by Gasteiger charge is -2.30. The van der Waals surface area contributed by atoms with Gasteiger partial charge in [-0.1, -0.05) is 36.8 Å². The molecule has 2 fully saturated rings. The van der Waals surface area contributed by atoms with Gasteiger partial charge in [-0.3, -0.25) is 0 Å². The van der Waals surface area contributed by atoms with Crippen LogP contribution in [0.4, 0.5) is 0 Å². The highest BCUT2D eigenvalue weighted by Crippen LogP contribution is 2.43. The van der Waals surface area contributed by atoms with Gasteiger partial charge < -0.3 is 9.47 Å². The molecule has 0 radical (unpaired) electrons. The molecule has 2 aliphatic rings. The minimum absolute atomic E-state index is 0.238. The average molecular weight is 232 g/mol. The van der Waals surface area contributed by atoms with E-state index in [0.717, 1.165) is 31.2 Å². The van der Waals surface area contributed by atoms with Gasteiger partial charge in [-0.25, -0.2) is 4.79 Å². The first-order chi connectivity index (χ1) is 8.29. The highest BCUT2D eigenvalue weighted by atomic mass is 16.8. The first-order valence-corrected chi connectivity index (χ1v) is 6.25. The van der Waals surface area contributed by atoms with Gasteiger partial charge in [-0.15, -0.1) is 0 Å². The number of hydrogen-bond donors (Lipinski definition) is 0. The van der Waals surface area contributed by atoms with E-state index in [9.17, 15) is 4.79 Å². The van der Waals surface area contributed by atoms with E-state index in [1.165, 1.54) is 6.42 Å². The van der Waals surface area contributed by atoms with Crippen LogP contribution in [0.2, 0.25) is 0 Å². The Hall–Kier alpha value is -1.35. The minimum atomic E-state index is -0.629. The molecule has 1 heterocycles. The highest BCUT2D eigenvalue weighted by Gasteiger charge is 2.48. The molecule has 1 saturated heterocycles. The second kappa shape index (κ2) is 4.15. The highest BCUT2D eigenvalue weighted by molar-refractivity contribution is 5.78. The molecule has 3 nitrogen and oxygen atoms in total. The van der Waals surface area contributed by atoms with Crippen LogP contribution in [-0.2, 0) is 14.3 Å². The Morgan fingerprint density at radius 2 is 1.76 bits per heavy atom. The zero-order valence-corrected chi connectivity index (χ0v) is 9.72. The summed E-state index contributed by atoms with van der Waals surface area (Å²) >= 11 is 0. The van der Waals surface area contributed by atoms with E-state index < -0.39 is 11.9 Å². The van der Waals surface area contributed by atoms with Crippen molar-refractivity contribution in [2.45, 2.75) is 44.0 Å². The van der Waals surface area contributed by atoms with Crippen LogP contribution in [0.15, 0.2) is 30.3 Å². The quantitative estimate of drug-likeness (QED) is 0.698. The molecule has 0 bridgehead atoms. The Morgan fingerprint density at radius 3 is 2.47 bits per heavy atom. The zero-order valence-electron chi connectivity index (χ0n) is 9.72. The van der Waals surface area contributed by atoms with E-state index in [-0.39, 0.29) is 5.97 Å². The summed E-state index contributed by atoms with van der Waals surface area (Å²) in [7, 11) is 0. The van der Waals surface area contributed by atoms with E-state index in [1.807, 2.05) is 30.3 Å². The van der Waals surface area contributed by atoms with Gasteiger partial charge in [0.15, 0.2) is 6.10 Å². The third-order valence-corrected chi connectivity index (χ3v) is 3.55. The molecule has 0 N–H and O–H groups in total. The Labute approximate surface area is 101 Å². The predicted octanol–water partition coefficient (Wildman–Crippen LogP) is 2.96. The number of carbonyl (C=O) groups is 1. The van der Waals surface area contributed by atoms with Gasteiger partial charge in [0.25, 0.3) is 0 Å². The van der Waals surface area contributed by atoms with Crippen molar-refractivity contribution in [1.29, 1.82) is 0 Å². The van der Waals surface area contributed by atoms with Gasteiger partial charge in [0.2, 0.25) is 5.79 Å². The maximum absolute atomic E-state index is 11.9. The Bertz CT molecular complexity index is 407. The second-order valence-electron chi connectivity index (χ2n) is 4.80. The maximum Gasteiger partial charge on any atom is 0.342 e. The first kappa shape index (κ1) is 10.8. The molecule has 90 valence electrons. The fourth-order valence-electron chi connectivity index (χ4n) is 2.67. The van der Waals surface area contributed by atoms with Crippen molar-refractivity contribution in [1.82, 2.24) is 0 Å². The fourth-order valence-corrected chi connectivity index (χ4v) is 2.67. The summed E-state index contributed by atoms with van der Waals surface area (Å²) < 4.78 is 11.4. The van der Waals surface area contributed by atoms with Crippen molar-refractivity contribution in [2.24, 2.45) is 0 Å². The number of carbonyl (C=O) groups excluding carboxylic acids is 1. The third-order valence-electron chi connectivity index (χ3n) is 3.55. The Kier molecular flexibility index (Phi) is 2.63. The van der Waals surface area contributed by atoms with E-state index in [2.05, 4.69) is 0 Å². The molecule has 3 heteroatoms. The van der Waals surface area contributed by atoms with Gasteiger partial charge in [-0.05, 0) is 18.4 Å². The predicted molar refractivity (Wildman–Crippen MR) is 62.2 cm³/mol. The van der Waals surface area contributed by atoms with Gasteiger partial charge in [0.1, 0.15) is 0 Å². The summed E-state index contributed by atoms with van der Waals surface area (Å²) in [5, 5.41) is 0.